The number of benzene rings is 1. The van der Waals surface area contributed by atoms with Gasteiger partial charge < -0.3 is 5.11 Å². The Hall–Kier alpha value is -0.690. The Kier molecular flexibility index (Phi) is 3.90. The number of sulfonamides is 1. The van der Waals surface area contributed by atoms with Crippen molar-refractivity contribution in [2.75, 3.05) is 0 Å². The molecule has 0 spiro atoms. The van der Waals surface area contributed by atoms with Gasteiger partial charge in [0.25, 0.3) is 0 Å². The molecule has 0 amide bonds. The first kappa shape index (κ1) is 16.7. The van der Waals surface area contributed by atoms with Gasteiger partial charge in [0.15, 0.2) is 0 Å². The summed E-state index contributed by atoms with van der Waals surface area (Å²) >= 11 is 5.67. The first-order chi connectivity index (χ1) is 9.45. The van der Waals surface area contributed by atoms with Crippen LogP contribution in [0, 0.1) is 16.6 Å². The highest BCUT2D eigenvalue weighted by molar-refractivity contribution is 7.89. The van der Waals surface area contributed by atoms with E-state index < -0.39 is 22.4 Å². The van der Waals surface area contributed by atoms with Crippen LogP contribution in [0.1, 0.15) is 33.3 Å². The summed E-state index contributed by atoms with van der Waals surface area (Å²) in [5.41, 5.74) is -0.304. The third-order valence-corrected chi connectivity index (χ3v) is 6.68. The number of aliphatic hydroxyl groups excluding tert-OH is 1. The molecule has 1 fully saturated rings. The number of hydrogen-bond donors (Lipinski definition) is 2. The first-order valence-corrected chi connectivity index (χ1v) is 8.42. The minimum absolute atomic E-state index is 0.0476. The molecule has 4 nitrogen and oxygen atoms in total. The molecule has 0 atom stereocenters. The summed E-state index contributed by atoms with van der Waals surface area (Å²) in [7, 11) is -3.87. The first-order valence-electron chi connectivity index (χ1n) is 6.56. The van der Waals surface area contributed by atoms with Crippen LogP contribution in [0.3, 0.4) is 0 Å². The predicted octanol–water partition coefficient (Wildman–Crippen LogP) is 2.68. The largest absolute Gasteiger partial charge is 0.392 e. The molecule has 0 heterocycles. The van der Waals surface area contributed by atoms with E-state index in [0.717, 1.165) is 6.07 Å². The fourth-order valence-electron chi connectivity index (χ4n) is 2.60. The van der Waals surface area contributed by atoms with Crippen molar-refractivity contribution in [2.24, 2.45) is 10.8 Å². The van der Waals surface area contributed by atoms with E-state index in [2.05, 4.69) is 4.72 Å². The van der Waals surface area contributed by atoms with Gasteiger partial charge in [0.2, 0.25) is 10.0 Å². The molecular formula is C14H19ClFNO3S. The van der Waals surface area contributed by atoms with Crippen LogP contribution in [0.4, 0.5) is 4.39 Å². The van der Waals surface area contributed by atoms with Crippen molar-refractivity contribution >= 4 is 21.6 Å². The molecule has 1 saturated carbocycles. The van der Waals surface area contributed by atoms with Crippen LogP contribution in [0.25, 0.3) is 0 Å². The van der Waals surface area contributed by atoms with Crippen molar-refractivity contribution in [1.29, 1.82) is 0 Å². The van der Waals surface area contributed by atoms with Gasteiger partial charge >= 0.3 is 0 Å². The molecule has 0 bridgehead atoms. The lowest BCUT2D eigenvalue weighted by Gasteiger charge is -2.11. The third-order valence-electron chi connectivity index (χ3n) is 4.85. The molecule has 7 heteroatoms. The van der Waals surface area contributed by atoms with Gasteiger partial charge in [-0.1, -0.05) is 39.3 Å². The lowest BCUT2D eigenvalue weighted by molar-refractivity contribution is 0.281. The second-order valence-corrected chi connectivity index (χ2v) is 8.63. The fourth-order valence-corrected chi connectivity index (χ4v) is 4.36. The van der Waals surface area contributed by atoms with E-state index in [-0.39, 0.29) is 32.4 Å². The Balaban J connectivity index is 2.36. The van der Waals surface area contributed by atoms with Gasteiger partial charge in [-0.15, -0.1) is 0 Å². The smallest absolute Gasteiger partial charge is 0.240 e. The van der Waals surface area contributed by atoms with Gasteiger partial charge in [0.05, 0.1) is 16.5 Å². The van der Waals surface area contributed by atoms with Gasteiger partial charge in [0, 0.05) is 11.6 Å². The molecule has 0 radical (unpaired) electrons. The minimum atomic E-state index is -3.87. The van der Waals surface area contributed by atoms with E-state index in [1.165, 1.54) is 6.07 Å². The highest BCUT2D eigenvalue weighted by Gasteiger charge is 2.66. The Morgan fingerprint density at radius 2 is 1.81 bits per heavy atom. The maximum atomic E-state index is 13.7. The normalized spacial score (nSPS) is 20.5. The van der Waals surface area contributed by atoms with Crippen LogP contribution in [0.15, 0.2) is 17.0 Å². The minimum Gasteiger partial charge on any atom is -0.392 e. The zero-order chi connectivity index (χ0) is 16.2. The highest BCUT2D eigenvalue weighted by Crippen LogP contribution is 2.62. The Bertz CT molecular complexity index is 672. The van der Waals surface area contributed by atoms with Crippen molar-refractivity contribution in [1.82, 2.24) is 4.72 Å². The zero-order valence-corrected chi connectivity index (χ0v) is 13.9. The Labute approximate surface area is 129 Å². The molecule has 2 N–H and O–H groups in total. The molecule has 1 aromatic rings. The summed E-state index contributed by atoms with van der Waals surface area (Å²) in [6.07, 6.45) is 0. The van der Waals surface area contributed by atoms with Gasteiger partial charge in [-0.25, -0.2) is 17.5 Å². The molecular weight excluding hydrogens is 317 g/mol. The van der Waals surface area contributed by atoms with Crippen LogP contribution < -0.4 is 4.72 Å². The Morgan fingerprint density at radius 1 is 1.29 bits per heavy atom. The summed E-state index contributed by atoms with van der Waals surface area (Å²) in [6, 6.07) is 1.83. The van der Waals surface area contributed by atoms with Gasteiger partial charge in [-0.3, -0.25) is 0 Å². The van der Waals surface area contributed by atoms with E-state index >= 15 is 0 Å². The van der Waals surface area contributed by atoms with Crippen molar-refractivity contribution in [3.8, 4) is 0 Å². The summed E-state index contributed by atoms with van der Waals surface area (Å²) in [5, 5.41) is 8.87. The molecule has 0 unspecified atom stereocenters. The molecule has 2 rings (SSSR count). The van der Waals surface area contributed by atoms with E-state index in [4.69, 9.17) is 16.7 Å². The van der Waals surface area contributed by atoms with Crippen LogP contribution in [0.2, 0.25) is 5.02 Å². The van der Waals surface area contributed by atoms with Crippen molar-refractivity contribution in [2.45, 2.75) is 45.2 Å². The maximum Gasteiger partial charge on any atom is 0.240 e. The maximum absolute atomic E-state index is 13.7. The van der Waals surface area contributed by atoms with E-state index in [1.54, 1.807) is 0 Å². The number of aliphatic hydroxyl groups is 1. The second-order valence-electron chi connectivity index (χ2n) is 6.53. The quantitative estimate of drug-likeness (QED) is 0.889. The van der Waals surface area contributed by atoms with Crippen molar-refractivity contribution in [3.63, 3.8) is 0 Å². The molecule has 1 aliphatic carbocycles. The SMILES string of the molecule is CC1(C)C(NS(=O)(=O)c2cc(F)c(Cl)c(CO)c2)C1(C)C. The lowest BCUT2D eigenvalue weighted by atomic mass is 10.0. The molecule has 0 aromatic heterocycles. The second kappa shape index (κ2) is 4.91. The van der Waals surface area contributed by atoms with E-state index in [9.17, 15) is 12.8 Å². The number of rotatable bonds is 4. The molecule has 0 saturated heterocycles. The van der Waals surface area contributed by atoms with Crippen LogP contribution in [0.5, 0.6) is 0 Å². The van der Waals surface area contributed by atoms with Crippen molar-refractivity contribution in [3.05, 3.63) is 28.5 Å². The molecule has 118 valence electrons. The fraction of sp³-hybridized carbons (Fsp3) is 0.571. The summed E-state index contributed by atoms with van der Waals surface area (Å²) in [4.78, 5) is -0.230. The zero-order valence-electron chi connectivity index (χ0n) is 12.4. The molecule has 1 aromatic carbocycles. The van der Waals surface area contributed by atoms with Crippen LogP contribution >= 0.6 is 11.6 Å². The van der Waals surface area contributed by atoms with Gasteiger partial charge in [-0.2, -0.15) is 0 Å². The van der Waals surface area contributed by atoms with Gasteiger partial charge in [0.1, 0.15) is 5.82 Å². The molecule has 1 aliphatic rings. The number of nitrogens with one attached hydrogen (secondary N) is 1. The van der Waals surface area contributed by atoms with Gasteiger partial charge in [-0.05, 0) is 23.0 Å². The van der Waals surface area contributed by atoms with Crippen LogP contribution in [-0.4, -0.2) is 19.6 Å². The number of hydrogen-bond acceptors (Lipinski definition) is 3. The Morgan fingerprint density at radius 3 is 2.24 bits per heavy atom. The lowest BCUT2D eigenvalue weighted by Crippen LogP contribution is -2.30. The third kappa shape index (κ3) is 2.59. The highest BCUT2D eigenvalue weighted by atomic mass is 35.5. The number of halogens is 2. The predicted molar refractivity (Wildman–Crippen MR) is 79.0 cm³/mol. The molecule has 0 aliphatic heterocycles. The average Bonchev–Trinajstić information content (AvgIpc) is 2.74. The summed E-state index contributed by atoms with van der Waals surface area (Å²) < 4.78 is 41.1. The summed E-state index contributed by atoms with van der Waals surface area (Å²) in [5.74, 6) is -0.863. The standard InChI is InChI=1S/C14H19ClFNO3S/c1-13(2)12(14(13,3)4)17-21(19,20)9-5-8(7-18)11(15)10(16)6-9/h5-6,12,17-18H,7H2,1-4H3. The molecule has 21 heavy (non-hydrogen) atoms. The average molecular weight is 336 g/mol. The summed E-state index contributed by atoms with van der Waals surface area (Å²) in [6.45, 7) is 7.37. The topological polar surface area (TPSA) is 66.4 Å². The van der Waals surface area contributed by atoms with Crippen LogP contribution in [-0.2, 0) is 16.6 Å². The van der Waals surface area contributed by atoms with E-state index in [0.29, 0.717) is 0 Å². The monoisotopic (exact) mass is 335 g/mol. The van der Waals surface area contributed by atoms with E-state index in [1.807, 2.05) is 27.7 Å². The van der Waals surface area contributed by atoms with Crippen molar-refractivity contribution < 1.29 is 17.9 Å².